The van der Waals surface area contributed by atoms with E-state index in [1.54, 1.807) is 12.1 Å². The number of hydrogen-bond acceptors (Lipinski definition) is 8. The highest BCUT2D eigenvalue weighted by molar-refractivity contribution is 5.81. The molecule has 2 bridgehead atoms. The Hall–Kier alpha value is -2.20. The van der Waals surface area contributed by atoms with E-state index in [2.05, 4.69) is 12.2 Å². The van der Waals surface area contributed by atoms with E-state index in [0.717, 1.165) is 31.2 Å². The van der Waals surface area contributed by atoms with Gasteiger partial charge < -0.3 is 24.6 Å². The number of rotatable bonds is 7. The molecule has 1 spiro atoms. The minimum atomic E-state index is -0.884. The Labute approximate surface area is 211 Å². The highest BCUT2D eigenvalue weighted by Gasteiger charge is 2.69. The molecule has 36 heavy (non-hydrogen) atoms. The van der Waals surface area contributed by atoms with Gasteiger partial charge in [0.05, 0.1) is 6.42 Å². The van der Waals surface area contributed by atoms with Crippen molar-refractivity contribution in [2.24, 2.45) is 23.7 Å². The minimum absolute atomic E-state index is 0.0318. The van der Waals surface area contributed by atoms with Crippen molar-refractivity contribution in [2.45, 2.75) is 89.7 Å². The summed E-state index contributed by atoms with van der Waals surface area (Å²) in [5.74, 6) is -0.693. The molecule has 0 unspecified atom stereocenters. The molecule has 4 heterocycles. The fraction of sp³-hybridized carbons (Fsp3) is 0.704. The maximum atomic E-state index is 12.7. The standard InChI is InChI=1S/C27H37NO8/c1-16-4-9-21-17(2)24(33-25-27(21)20(16)12-14-26(3,34-25)35-36-27)32-23(31)11-10-22(30)28-15-13-18-5-7-19(29)8-6-18/h5-8,16-17,20-21,24-25,29H,4,9-15H2,1-3H3,(H,28,30)/t16-,17-,20+,21+,24-,25-,26+,27+/m1/s1. The molecule has 5 aliphatic rings. The zero-order chi connectivity index (χ0) is 25.5. The quantitative estimate of drug-likeness (QED) is 0.429. The molecule has 1 amide bonds. The monoisotopic (exact) mass is 503 g/mol. The van der Waals surface area contributed by atoms with Gasteiger partial charge in [-0.3, -0.25) is 9.59 Å². The van der Waals surface area contributed by atoms with E-state index in [9.17, 15) is 14.7 Å². The third-order valence-electron chi connectivity index (χ3n) is 8.57. The molecule has 4 saturated heterocycles. The Bertz CT molecular complexity index is 969. The van der Waals surface area contributed by atoms with E-state index in [0.29, 0.717) is 18.9 Å². The van der Waals surface area contributed by atoms with Gasteiger partial charge in [-0.05, 0) is 62.1 Å². The molecule has 6 rings (SSSR count). The summed E-state index contributed by atoms with van der Waals surface area (Å²) in [5.41, 5.74) is 0.304. The van der Waals surface area contributed by atoms with Gasteiger partial charge in [-0.25, -0.2) is 9.78 Å². The van der Waals surface area contributed by atoms with Crippen molar-refractivity contribution < 1.29 is 38.7 Å². The molecule has 9 heteroatoms. The van der Waals surface area contributed by atoms with Gasteiger partial charge in [0.15, 0.2) is 11.9 Å². The third-order valence-corrected chi connectivity index (χ3v) is 8.57. The van der Waals surface area contributed by atoms with E-state index in [4.69, 9.17) is 24.0 Å². The Kier molecular flexibility index (Phi) is 7.02. The fourth-order valence-corrected chi connectivity index (χ4v) is 6.51. The van der Waals surface area contributed by atoms with E-state index in [-0.39, 0.29) is 42.3 Å². The summed E-state index contributed by atoms with van der Waals surface area (Å²) in [6, 6.07) is 6.85. The van der Waals surface area contributed by atoms with Crippen LogP contribution in [0, 0.1) is 23.7 Å². The molecule has 9 nitrogen and oxygen atoms in total. The van der Waals surface area contributed by atoms with Gasteiger partial charge in [-0.15, -0.1) is 0 Å². The predicted octanol–water partition coefficient (Wildman–Crippen LogP) is 3.58. The number of aromatic hydroxyl groups is 1. The molecular weight excluding hydrogens is 466 g/mol. The molecule has 1 aromatic rings. The summed E-state index contributed by atoms with van der Waals surface area (Å²) < 4.78 is 18.3. The summed E-state index contributed by atoms with van der Waals surface area (Å²) in [7, 11) is 0. The lowest BCUT2D eigenvalue weighted by molar-refractivity contribution is -0.576. The van der Waals surface area contributed by atoms with Crippen LogP contribution in [-0.2, 0) is 40.0 Å². The number of benzene rings is 1. The highest BCUT2D eigenvalue weighted by atomic mass is 17.3. The average molecular weight is 504 g/mol. The fourth-order valence-electron chi connectivity index (χ4n) is 6.51. The molecular formula is C27H37NO8. The molecule has 8 atom stereocenters. The predicted molar refractivity (Wildman–Crippen MR) is 127 cm³/mol. The SMILES string of the molecule is C[C@H]1[C@H](OC(=O)CCC(=O)NCCc2ccc(O)cc2)O[C@@H]2O[C@]3(C)CC[C@H]4[C@H](C)CC[C@@H]1[C@]24OO3. The number of ether oxygens (including phenoxy) is 3. The Balaban J connectivity index is 1.15. The summed E-state index contributed by atoms with van der Waals surface area (Å²) >= 11 is 0. The number of phenols is 1. The van der Waals surface area contributed by atoms with Gasteiger partial charge in [-0.2, -0.15) is 0 Å². The van der Waals surface area contributed by atoms with Gasteiger partial charge in [0.2, 0.25) is 18.0 Å². The maximum absolute atomic E-state index is 12.7. The second-order valence-corrected chi connectivity index (χ2v) is 11.0. The van der Waals surface area contributed by atoms with E-state index in [1.807, 2.05) is 26.0 Å². The van der Waals surface area contributed by atoms with Crippen LogP contribution in [0.25, 0.3) is 0 Å². The van der Waals surface area contributed by atoms with Crippen molar-refractivity contribution in [1.82, 2.24) is 5.32 Å². The first-order valence-electron chi connectivity index (χ1n) is 13.1. The van der Waals surface area contributed by atoms with Crippen molar-refractivity contribution in [2.75, 3.05) is 6.54 Å². The lowest BCUT2D eigenvalue weighted by Gasteiger charge is -2.59. The van der Waals surface area contributed by atoms with Gasteiger partial charge in [0.1, 0.15) is 5.75 Å². The van der Waals surface area contributed by atoms with Crippen LogP contribution in [0.4, 0.5) is 0 Å². The average Bonchev–Trinajstić information content (AvgIpc) is 3.08. The highest BCUT2D eigenvalue weighted by Crippen LogP contribution is 2.60. The number of hydrogen-bond donors (Lipinski definition) is 2. The van der Waals surface area contributed by atoms with Gasteiger partial charge in [-0.1, -0.05) is 26.0 Å². The summed E-state index contributed by atoms with van der Waals surface area (Å²) in [5, 5.41) is 12.2. The van der Waals surface area contributed by atoms with Crippen LogP contribution in [0.3, 0.4) is 0 Å². The van der Waals surface area contributed by atoms with Crippen molar-refractivity contribution in [3.63, 3.8) is 0 Å². The van der Waals surface area contributed by atoms with Crippen LogP contribution in [0.2, 0.25) is 0 Å². The van der Waals surface area contributed by atoms with Gasteiger partial charge in [0.25, 0.3) is 0 Å². The van der Waals surface area contributed by atoms with Crippen LogP contribution >= 0.6 is 0 Å². The summed E-state index contributed by atoms with van der Waals surface area (Å²) in [6.07, 6.45) is 2.85. The Morgan fingerprint density at radius 3 is 2.64 bits per heavy atom. The molecule has 0 radical (unpaired) electrons. The number of fused-ring (bicyclic) bond motifs is 2. The largest absolute Gasteiger partial charge is 0.508 e. The first-order chi connectivity index (χ1) is 17.2. The smallest absolute Gasteiger partial charge is 0.308 e. The van der Waals surface area contributed by atoms with Crippen LogP contribution in [0.1, 0.15) is 64.9 Å². The number of esters is 1. The van der Waals surface area contributed by atoms with Crippen LogP contribution < -0.4 is 5.32 Å². The van der Waals surface area contributed by atoms with Crippen molar-refractivity contribution in [3.8, 4) is 5.75 Å². The lowest BCUT2D eigenvalue weighted by atomic mass is 9.58. The van der Waals surface area contributed by atoms with Crippen LogP contribution in [0.15, 0.2) is 24.3 Å². The molecule has 2 N–H and O–H groups in total. The van der Waals surface area contributed by atoms with Gasteiger partial charge >= 0.3 is 5.97 Å². The molecule has 4 aliphatic heterocycles. The zero-order valence-electron chi connectivity index (χ0n) is 21.2. The first kappa shape index (κ1) is 25.4. The lowest BCUT2D eigenvalue weighted by Crippen LogP contribution is -2.70. The van der Waals surface area contributed by atoms with Crippen molar-refractivity contribution >= 4 is 11.9 Å². The number of carbonyl (C=O) groups is 2. The second kappa shape index (κ2) is 9.93. The topological polar surface area (TPSA) is 113 Å². The number of nitrogens with one attached hydrogen (secondary N) is 1. The maximum Gasteiger partial charge on any atom is 0.308 e. The zero-order valence-corrected chi connectivity index (χ0v) is 21.2. The molecule has 5 fully saturated rings. The number of carbonyl (C=O) groups excluding carboxylic acids is 2. The van der Waals surface area contributed by atoms with Crippen molar-refractivity contribution in [1.29, 1.82) is 0 Å². The van der Waals surface area contributed by atoms with E-state index < -0.39 is 29.9 Å². The Morgan fingerprint density at radius 2 is 1.86 bits per heavy atom. The molecule has 1 aliphatic carbocycles. The number of phenolic OH excluding ortho intramolecular Hbond substituents is 1. The third kappa shape index (κ3) is 4.74. The molecule has 198 valence electrons. The minimum Gasteiger partial charge on any atom is -0.508 e. The van der Waals surface area contributed by atoms with Crippen molar-refractivity contribution in [3.05, 3.63) is 29.8 Å². The van der Waals surface area contributed by atoms with E-state index >= 15 is 0 Å². The molecule has 1 aromatic carbocycles. The van der Waals surface area contributed by atoms with Crippen LogP contribution in [0.5, 0.6) is 5.75 Å². The summed E-state index contributed by atoms with van der Waals surface area (Å²) in [6.45, 7) is 6.59. The second-order valence-electron chi connectivity index (χ2n) is 11.0. The number of amides is 1. The van der Waals surface area contributed by atoms with Gasteiger partial charge in [0, 0.05) is 31.2 Å². The Morgan fingerprint density at radius 1 is 1.08 bits per heavy atom. The first-order valence-corrected chi connectivity index (χ1v) is 13.1. The van der Waals surface area contributed by atoms with E-state index in [1.165, 1.54) is 0 Å². The molecule has 0 aromatic heterocycles. The van der Waals surface area contributed by atoms with Crippen LogP contribution in [-0.4, -0.2) is 47.5 Å². The summed E-state index contributed by atoms with van der Waals surface area (Å²) in [4.78, 5) is 36.8. The normalized spacial score (nSPS) is 39.1. The molecule has 1 saturated carbocycles.